The molecule has 0 unspecified atom stereocenters. The lowest BCUT2D eigenvalue weighted by Gasteiger charge is -2.07. The number of nitro groups is 1. The molecule has 0 radical (unpaired) electrons. The van der Waals surface area contributed by atoms with Crippen molar-refractivity contribution in [2.45, 2.75) is 20.5 Å². The molecule has 0 bridgehead atoms. The third-order valence-electron chi connectivity index (χ3n) is 2.48. The van der Waals surface area contributed by atoms with Gasteiger partial charge in [-0.2, -0.15) is 5.10 Å². The maximum atomic E-state index is 10.8. The highest BCUT2D eigenvalue weighted by molar-refractivity contribution is 5.54. The summed E-state index contributed by atoms with van der Waals surface area (Å²) in [5, 5.41) is 18.0. The van der Waals surface area contributed by atoms with Crippen molar-refractivity contribution in [2.24, 2.45) is 0 Å². The molecule has 0 amide bonds. The van der Waals surface area contributed by atoms with E-state index in [9.17, 15) is 10.1 Å². The number of nitrogens with zero attached hydrogens (tertiary/aromatic N) is 4. The second-order valence-electron chi connectivity index (χ2n) is 3.89. The lowest BCUT2D eigenvalue weighted by molar-refractivity contribution is -0.384. The molecule has 0 aromatic carbocycles. The van der Waals surface area contributed by atoms with Gasteiger partial charge in [-0.15, -0.1) is 0 Å². The standard InChI is InChI=1S/C11H13N5O2/c1-8-6-9(2)15(14-8)7-13-11-10(16(17)18)4-3-5-12-11/h3-6H,7H2,1-2H3,(H,12,13). The monoisotopic (exact) mass is 247 g/mol. The van der Waals surface area contributed by atoms with Gasteiger partial charge < -0.3 is 5.32 Å². The number of hydrogen-bond donors (Lipinski definition) is 1. The number of hydrogen-bond acceptors (Lipinski definition) is 5. The molecular weight excluding hydrogens is 234 g/mol. The van der Waals surface area contributed by atoms with Gasteiger partial charge >= 0.3 is 5.69 Å². The predicted octanol–water partition coefficient (Wildman–Crippen LogP) is 1.87. The summed E-state index contributed by atoms with van der Waals surface area (Å²) >= 11 is 0. The van der Waals surface area contributed by atoms with E-state index in [1.165, 1.54) is 18.3 Å². The summed E-state index contributed by atoms with van der Waals surface area (Å²) in [6.07, 6.45) is 1.51. The highest BCUT2D eigenvalue weighted by Gasteiger charge is 2.13. The molecule has 2 heterocycles. The third kappa shape index (κ3) is 2.45. The van der Waals surface area contributed by atoms with Crippen molar-refractivity contribution in [1.82, 2.24) is 14.8 Å². The number of aromatic nitrogens is 3. The summed E-state index contributed by atoms with van der Waals surface area (Å²) in [5.74, 6) is 0.245. The van der Waals surface area contributed by atoms with Crippen molar-refractivity contribution in [1.29, 1.82) is 0 Å². The number of nitrogens with one attached hydrogen (secondary N) is 1. The van der Waals surface area contributed by atoms with Crippen LogP contribution in [0.2, 0.25) is 0 Å². The molecule has 2 aromatic rings. The van der Waals surface area contributed by atoms with Crippen molar-refractivity contribution < 1.29 is 4.92 Å². The largest absolute Gasteiger partial charge is 0.345 e. The molecule has 0 fully saturated rings. The topological polar surface area (TPSA) is 85.9 Å². The predicted molar refractivity (Wildman–Crippen MR) is 66.2 cm³/mol. The minimum Gasteiger partial charge on any atom is -0.345 e. The van der Waals surface area contributed by atoms with Crippen molar-refractivity contribution in [2.75, 3.05) is 5.32 Å². The molecule has 2 aromatic heterocycles. The minimum absolute atomic E-state index is 0.0426. The van der Waals surface area contributed by atoms with E-state index in [0.717, 1.165) is 11.4 Å². The van der Waals surface area contributed by atoms with Crippen LogP contribution in [-0.4, -0.2) is 19.7 Å². The fourth-order valence-electron chi connectivity index (χ4n) is 1.67. The summed E-state index contributed by atoms with van der Waals surface area (Å²) < 4.78 is 1.73. The molecule has 0 atom stereocenters. The van der Waals surface area contributed by atoms with Gasteiger partial charge in [0.2, 0.25) is 5.82 Å². The smallest absolute Gasteiger partial charge is 0.311 e. The van der Waals surface area contributed by atoms with Gasteiger partial charge in [0, 0.05) is 18.0 Å². The first-order valence-corrected chi connectivity index (χ1v) is 5.42. The Morgan fingerprint density at radius 3 is 2.89 bits per heavy atom. The van der Waals surface area contributed by atoms with Crippen LogP contribution in [0.25, 0.3) is 0 Å². The average Bonchev–Trinajstić information content (AvgIpc) is 2.65. The SMILES string of the molecule is Cc1cc(C)n(CNc2ncccc2[N+](=O)[O-])n1. The third-order valence-corrected chi connectivity index (χ3v) is 2.48. The normalized spacial score (nSPS) is 10.3. The van der Waals surface area contributed by atoms with Gasteiger partial charge in [-0.3, -0.25) is 14.8 Å². The molecule has 7 nitrogen and oxygen atoms in total. The van der Waals surface area contributed by atoms with Gasteiger partial charge in [0.1, 0.15) is 6.67 Å². The average molecular weight is 247 g/mol. The molecule has 0 saturated heterocycles. The van der Waals surface area contributed by atoms with Crippen LogP contribution >= 0.6 is 0 Å². The van der Waals surface area contributed by atoms with E-state index in [4.69, 9.17) is 0 Å². The first-order valence-electron chi connectivity index (χ1n) is 5.42. The van der Waals surface area contributed by atoms with Gasteiger partial charge in [0.05, 0.1) is 10.6 Å². The Balaban J connectivity index is 2.15. The van der Waals surface area contributed by atoms with Crippen LogP contribution in [0.1, 0.15) is 11.4 Å². The molecule has 2 rings (SSSR count). The first-order chi connectivity index (χ1) is 8.58. The Morgan fingerprint density at radius 1 is 1.50 bits per heavy atom. The van der Waals surface area contributed by atoms with E-state index in [2.05, 4.69) is 15.4 Å². The van der Waals surface area contributed by atoms with Gasteiger partial charge in [-0.05, 0) is 26.0 Å². The molecule has 0 aliphatic heterocycles. The summed E-state index contributed by atoms with van der Waals surface area (Å²) in [5.41, 5.74) is 1.85. The Kier molecular flexibility index (Phi) is 3.22. The van der Waals surface area contributed by atoms with Crippen molar-refractivity contribution >= 4 is 11.5 Å². The summed E-state index contributed by atoms with van der Waals surface area (Å²) in [6.45, 7) is 4.17. The van der Waals surface area contributed by atoms with Crippen LogP contribution in [0.3, 0.4) is 0 Å². The zero-order valence-corrected chi connectivity index (χ0v) is 10.1. The van der Waals surface area contributed by atoms with Gasteiger partial charge in [0.15, 0.2) is 0 Å². The van der Waals surface area contributed by atoms with E-state index in [0.29, 0.717) is 6.67 Å². The van der Waals surface area contributed by atoms with Crippen LogP contribution in [0.15, 0.2) is 24.4 Å². The molecule has 0 spiro atoms. The van der Waals surface area contributed by atoms with Crippen molar-refractivity contribution in [3.05, 3.63) is 45.9 Å². The molecule has 0 saturated carbocycles. The van der Waals surface area contributed by atoms with E-state index in [1.54, 1.807) is 4.68 Å². The van der Waals surface area contributed by atoms with Crippen LogP contribution in [0.4, 0.5) is 11.5 Å². The number of anilines is 1. The second-order valence-corrected chi connectivity index (χ2v) is 3.89. The number of pyridine rings is 1. The minimum atomic E-state index is -0.462. The van der Waals surface area contributed by atoms with Crippen LogP contribution in [0.5, 0.6) is 0 Å². The highest BCUT2D eigenvalue weighted by atomic mass is 16.6. The van der Waals surface area contributed by atoms with Crippen LogP contribution in [0, 0.1) is 24.0 Å². The molecule has 0 aliphatic carbocycles. The quantitative estimate of drug-likeness (QED) is 0.658. The second kappa shape index (κ2) is 4.82. The van der Waals surface area contributed by atoms with E-state index in [-0.39, 0.29) is 11.5 Å². The van der Waals surface area contributed by atoms with E-state index >= 15 is 0 Å². The lowest BCUT2D eigenvalue weighted by Crippen LogP contribution is -2.12. The Labute approximate surface area is 104 Å². The lowest BCUT2D eigenvalue weighted by atomic mass is 10.4. The van der Waals surface area contributed by atoms with E-state index in [1.807, 2.05) is 19.9 Å². The van der Waals surface area contributed by atoms with Gasteiger partial charge in [-0.1, -0.05) is 0 Å². The molecule has 7 heteroatoms. The molecular formula is C11H13N5O2. The first kappa shape index (κ1) is 12.0. The molecule has 18 heavy (non-hydrogen) atoms. The van der Waals surface area contributed by atoms with Gasteiger partial charge in [-0.25, -0.2) is 4.98 Å². The number of aryl methyl sites for hydroxylation is 2. The zero-order valence-electron chi connectivity index (χ0n) is 10.1. The molecule has 1 N–H and O–H groups in total. The van der Waals surface area contributed by atoms with E-state index < -0.39 is 4.92 Å². The highest BCUT2D eigenvalue weighted by Crippen LogP contribution is 2.20. The Hall–Kier alpha value is -2.44. The number of rotatable bonds is 4. The fraction of sp³-hybridized carbons (Fsp3) is 0.273. The molecule has 94 valence electrons. The van der Waals surface area contributed by atoms with Crippen LogP contribution in [-0.2, 0) is 6.67 Å². The van der Waals surface area contributed by atoms with Gasteiger partial charge in [0.25, 0.3) is 0 Å². The fourth-order valence-corrected chi connectivity index (χ4v) is 1.67. The summed E-state index contributed by atoms with van der Waals surface area (Å²) in [4.78, 5) is 14.3. The maximum Gasteiger partial charge on any atom is 0.311 e. The zero-order chi connectivity index (χ0) is 13.1. The summed E-state index contributed by atoms with van der Waals surface area (Å²) in [7, 11) is 0. The molecule has 0 aliphatic rings. The summed E-state index contributed by atoms with van der Waals surface area (Å²) in [6, 6.07) is 4.89. The Morgan fingerprint density at radius 2 is 2.28 bits per heavy atom. The Bertz CT molecular complexity index is 579. The van der Waals surface area contributed by atoms with Crippen LogP contribution < -0.4 is 5.32 Å². The van der Waals surface area contributed by atoms with Crippen molar-refractivity contribution in [3.8, 4) is 0 Å². The van der Waals surface area contributed by atoms with Crippen molar-refractivity contribution in [3.63, 3.8) is 0 Å². The maximum absolute atomic E-state index is 10.8.